The van der Waals surface area contributed by atoms with E-state index in [1.165, 1.54) is 0 Å². The van der Waals surface area contributed by atoms with Crippen LogP contribution in [0.4, 0.5) is 0 Å². The molecule has 0 N–H and O–H groups in total. The van der Waals surface area contributed by atoms with E-state index in [0.29, 0.717) is 26.0 Å². The molecule has 1 aromatic heterocycles. The minimum atomic E-state index is -1.09. The first-order valence-corrected chi connectivity index (χ1v) is 9.58. The van der Waals surface area contributed by atoms with Crippen molar-refractivity contribution in [1.82, 2.24) is 14.8 Å². The molecule has 1 aromatic carbocycles. The second kappa shape index (κ2) is 8.52. The first kappa shape index (κ1) is 20.0. The molecule has 0 aliphatic carbocycles. The standard InChI is InChI=1S/C22H27N3O3/c1-4-20(26)25-13-14-28-22(16-25,21(27)24(2)3)15-18-7-5-6-8-19(18)17-9-11-23-12-10-17/h5-12H,4,13-16H2,1-3H3/t22-/m1/s1. The third-order valence-electron chi connectivity index (χ3n) is 5.12. The van der Waals surface area contributed by atoms with Crippen LogP contribution in [0.1, 0.15) is 18.9 Å². The summed E-state index contributed by atoms with van der Waals surface area (Å²) >= 11 is 0. The molecule has 0 spiro atoms. The Morgan fingerprint density at radius 3 is 2.57 bits per heavy atom. The van der Waals surface area contributed by atoms with Crippen LogP contribution < -0.4 is 0 Å². The number of morpholine rings is 1. The number of hydrogen-bond acceptors (Lipinski definition) is 4. The highest BCUT2D eigenvalue weighted by Crippen LogP contribution is 2.31. The van der Waals surface area contributed by atoms with Crippen LogP contribution in [0.2, 0.25) is 0 Å². The van der Waals surface area contributed by atoms with E-state index in [-0.39, 0.29) is 18.4 Å². The molecule has 0 bridgehead atoms. The Labute approximate surface area is 166 Å². The zero-order valence-corrected chi connectivity index (χ0v) is 16.7. The van der Waals surface area contributed by atoms with E-state index < -0.39 is 5.60 Å². The number of carbonyl (C=O) groups excluding carboxylic acids is 2. The maximum absolute atomic E-state index is 13.2. The SMILES string of the molecule is CCC(=O)N1CCO[C@@](Cc2ccccc2-c2ccncc2)(C(=O)N(C)C)C1. The molecule has 1 atom stereocenters. The van der Waals surface area contributed by atoms with Gasteiger partial charge in [0.25, 0.3) is 5.91 Å². The van der Waals surface area contributed by atoms with E-state index in [1.807, 2.05) is 43.3 Å². The highest BCUT2D eigenvalue weighted by atomic mass is 16.5. The predicted octanol–water partition coefficient (Wildman–Crippen LogP) is 2.39. The van der Waals surface area contributed by atoms with Crippen LogP contribution in [0, 0.1) is 0 Å². The molecule has 6 nitrogen and oxygen atoms in total. The summed E-state index contributed by atoms with van der Waals surface area (Å²) in [5, 5.41) is 0. The summed E-state index contributed by atoms with van der Waals surface area (Å²) < 4.78 is 6.11. The van der Waals surface area contributed by atoms with Crippen molar-refractivity contribution in [3.63, 3.8) is 0 Å². The molecular formula is C22H27N3O3. The summed E-state index contributed by atoms with van der Waals surface area (Å²) in [6, 6.07) is 11.9. The van der Waals surface area contributed by atoms with Gasteiger partial charge >= 0.3 is 0 Å². The topological polar surface area (TPSA) is 62.7 Å². The molecule has 2 aromatic rings. The average Bonchev–Trinajstić information content (AvgIpc) is 2.73. The Hall–Kier alpha value is -2.73. The van der Waals surface area contributed by atoms with Gasteiger partial charge in [-0.05, 0) is 28.8 Å². The predicted molar refractivity (Wildman–Crippen MR) is 108 cm³/mol. The second-order valence-corrected chi connectivity index (χ2v) is 7.28. The molecule has 148 valence electrons. The van der Waals surface area contributed by atoms with Gasteiger partial charge in [0.15, 0.2) is 5.60 Å². The third-order valence-corrected chi connectivity index (χ3v) is 5.12. The van der Waals surface area contributed by atoms with Crippen molar-refractivity contribution in [3.05, 3.63) is 54.4 Å². The molecule has 0 saturated carbocycles. The van der Waals surface area contributed by atoms with Crippen molar-refractivity contribution in [2.24, 2.45) is 0 Å². The zero-order chi connectivity index (χ0) is 20.1. The Bertz CT molecular complexity index is 838. The fourth-order valence-corrected chi connectivity index (χ4v) is 3.74. The number of nitrogens with zero attached hydrogens (tertiary/aromatic N) is 3. The molecule has 28 heavy (non-hydrogen) atoms. The Morgan fingerprint density at radius 1 is 1.18 bits per heavy atom. The summed E-state index contributed by atoms with van der Waals surface area (Å²) in [6.07, 6.45) is 4.33. The van der Waals surface area contributed by atoms with Crippen LogP contribution in [0.25, 0.3) is 11.1 Å². The molecule has 0 unspecified atom stereocenters. The Kier molecular flexibility index (Phi) is 6.09. The summed E-state index contributed by atoms with van der Waals surface area (Å²) in [7, 11) is 3.45. The maximum atomic E-state index is 13.2. The lowest BCUT2D eigenvalue weighted by molar-refractivity contribution is -0.172. The van der Waals surface area contributed by atoms with Crippen LogP contribution in [-0.2, 0) is 20.7 Å². The lowest BCUT2D eigenvalue weighted by Crippen LogP contribution is -2.61. The molecule has 2 heterocycles. The van der Waals surface area contributed by atoms with Gasteiger partial charge in [0.2, 0.25) is 5.91 Å². The fraction of sp³-hybridized carbons (Fsp3) is 0.409. The number of amides is 2. The quantitative estimate of drug-likeness (QED) is 0.798. The summed E-state index contributed by atoms with van der Waals surface area (Å²) in [5.74, 6) is -0.0766. The number of ether oxygens (including phenoxy) is 1. The highest BCUT2D eigenvalue weighted by Gasteiger charge is 2.46. The third kappa shape index (κ3) is 4.07. The summed E-state index contributed by atoms with van der Waals surface area (Å²) in [5.41, 5.74) is 2.00. The van der Waals surface area contributed by atoms with Gasteiger partial charge in [0.05, 0.1) is 13.2 Å². The van der Waals surface area contributed by atoms with E-state index in [2.05, 4.69) is 4.98 Å². The van der Waals surface area contributed by atoms with Gasteiger partial charge in [0.1, 0.15) is 0 Å². The number of rotatable bonds is 5. The first-order chi connectivity index (χ1) is 13.5. The van der Waals surface area contributed by atoms with E-state index in [9.17, 15) is 9.59 Å². The van der Waals surface area contributed by atoms with Crippen molar-refractivity contribution >= 4 is 11.8 Å². The van der Waals surface area contributed by atoms with E-state index >= 15 is 0 Å². The highest BCUT2D eigenvalue weighted by molar-refractivity contribution is 5.87. The minimum Gasteiger partial charge on any atom is -0.361 e. The van der Waals surface area contributed by atoms with Gasteiger partial charge in [-0.25, -0.2) is 0 Å². The van der Waals surface area contributed by atoms with Crippen molar-refractivity contribution in [2.45, 2.75) is 25.4 Å². The monoisotopic (exact) mass is 381 g/mol. The molecular weight excluding hydrogens is 354 g/mol. The molecule has 1 saturated heterocycles. The Morgan fingerprint density at radius 2 is 1.89 bits per heavy atom. The molecule has 1 aliphatic heterocycles. The summed E-state index contributed by atoms with van der Waals surface area (Å²) in [6.45, 7) is 2.97. The van der Waals surface area contributed by atoms with E-state index in [4.69, 9.17) is 4.74 Å². The van der Waals surface area contributed by atoms with Crippen molar-refractivity contribution in [2.75, 3.05) is 33.8 Å². The number of aromatic nitrogens is 1. The minimum absolute atomic E-state index is 0.0432. The molecule has 3 rings (SSSR count). The smallest absolute Gasteiger partial charge is 0.256 e. The Balaban J connectivity index is 2.00. The van der Waals surface area contributed by atoms with Gasteiger partial charge in [-0.2, -0.15) is 0 Å². The lowest BCUT2D eigenvalue weighted by Gasteiger charge is -2.43. The van der Waals surface area contributed by atoms with Gasteiger partial charge in [0, 0.05) is 45.9 Å². The first-order valence-electron chi connectivity index (χ1n) is 9.58. The maximum Gasteiger partial charge on any atom is 0.256 e. The molecule has 0 radical (unpaired) electrons. The van der Waals surface area contributed by atoms with Gasteiger partial charge in [-0.15, -0.1) is 0 Å². The van der Waals surface area contributed by atoms with Crippen molar-refractivity contribution < 1.29 is 14.3 Å². The molecule has 1 fully saturated rings. The van der Waals surface area contributed by atoms with Gasteiger partial charge < -0.3 is 14.5 Å². The second-order valence-electron chi connectivity index (χ2n) is 7.28. The van der Waals surface area contributed by atoms with E-state index in [1.54, 1.807) is 36.3 Å². The lowest BCUT2D eigenvalue weighted by atomic mass is 9.87. The number of hydrogen-bond donors (Lipinski definition) is 0. The molecule has 6 heteroatoms. The largest absolute Gasteiger partial charge is 0.361 e. The van der Waals surface area contributed by atoms with E-state index in [0.717, 1.165) is 16.7 Å². The summed E-state index contributed by atoms with van der Waals surface area (Å²) in [4.78, 5) is 32.9. The zero-order valence-electron chi connectivity index (χ0n) is 16.7. The van der Waals surface area contributed by atoms with Crippen LogP contribution in [-0.4, -0.2) is 66.0 Å². The van der Waals surface area contributed by atoms with Crippen LogP contribution >= 0.6 is 0 Å². The average molecular weight is 381 g/mol. The number of likely N-dealkylation sites (N-methyl/N-ethyl adjacent to an activating group) is 1. The fourth-order valence-electron chi connectivity index (χ4n) is 3.74. The number of carbonyl (C=O) groups is 2. The number of benzene rings is 1. The van der Waals surface area contributed by atoms with Crippen molar-refractivity contribution in [3.8, 4) is 11.1 Å². The van der Waals surface area contributed by atoms with Crippen LogP contribution in [0.15, 0.2) is 48.8 Å². The number of pyridine rings is 1. The van der Waals surface area contributed by atoms with Crippen LogP contribution in [0.5, 0.6) is 0 Å². The van der Waals surface area contributed by atoms with Crippen molar-refractivity contribution in [1.29, 1.82) is 0 Å². The van der Waals surface area contributed by atoms with Crippen LogP contribution in [0.3, 0.4) is 0 Å². The normalized spacial score (nSPS) is 19.3. The molecule has 2 amide bonds. The van der Waals surface area contributed by atoms with Gasteiger partial charge in [-0.3, -0.25) is 14.6 Å². The molecule has 1 aliphatic rings. The van der Waals surface area contributed by atoms with Gasteiger partial charge in [-0.1, -0.05) is 31.2 Å².